The Morgan fingerprint density at radius 1 is 1.07 bits per heavy atom. The fraction of sp³-hybridized carbons (Fsp3) is 0.364. The van der Waals surface area contributed by atoms with Crippen molar-refractivity contribution >= 4 is 33.1 Å². The molecule has 0 aliphatic carbocycles. The molecule has 0 saturated heterocycles. The van der Waals surface area contributed by atoms with Crippen molar-refractivity contribution in [1.82, 2.24) is 0 Å². The molecular formula is C22H32Cl2OSi2Zr. The van der Waals surface area contributed by atoms with Gasteiger partial charge in [-0.2, -0.15) is 23.4 Å². The van der Waals surface area contributed by atoms with Crippen LogP contribution in [0.25, 0.3) is 10.8 Å². The normalized spacial score (nSPS) is 10.3. The van der Waals surface area contributed by atoms with Crippen LogP contribution in [-0.4, -0.2) is 17.1 Å². The Morgan fingerprint density at radius 3 is 2.18 bits per heavy atom. The number of hydrogen-bond donors (Lipinski definition) is 0. The average molecular weight is 531 g/mol. The number of rotatable bonds is 4. The number of benzene rings is 1. The molecule has 0 fully saturated rings. The van der Waals surface area contributed by atoms with E-state index in [-0.39, 0.29) is 51.0 Å². The minimum atomic E-state index is -1.45. The van der Waals surface area contributed by atoms with E-state index in [1.165, 1.54) is 21.9 Å². The van der Waals surface area contributed by atoms with Crippen molar-refractivity contribution in [2.75, 3.05) is 0 Å². The molecule has 0 aliphatic rings. The summed E-state index contributed by atoms with van der Waals surface area (Å²) in [6.07, 6.45) is 1.10. The molecule has 0 heterocycles. The molecule has 0 bridgehead atoms. The number of halogens is 2. The van der Waals surface area contributed by atoms with Crippen molar-refractivity contribution in [1.29, 1.82) is 0 Å². The monoisotopic (exact) mass is 528 g/mol. The predicted molar refractivity (Wildman–Crippen MR) is 118 cm³/mol. The van der Waals surface area contributed by atoms with E-state index >= 15 is 0 Å². The predicted octanol–water partition coefficient (Wildman–Crippen LogP) is -0.252. The van der Waals surface area contributed by atoms with E-state index in [2.05, 4.69) is 95.1 Å². The first-order valence-corrected chi connectivity index (χ1v) is 15.6. The minimum Gasteiger partial charge on any atom is -1.00 e. The van der Waals surface area contributed by atoms with Crippen LogP contribution in [0, 0.1) is 6.92 Å². The van der Waals surface area contributed by atoms with Crippen molar-refractivity contribution in [2.45, 2.75) is 53.0 Å². The third kappa shape index (κ3) is 8.71. The summed E-state index contributed by atoms with van der Waals surface area (Å²) < 4.78 is 6.12. The van der Waals surface area contributed by atoms with Gasteiger partial charge in [0.1, 0.15) is 0 Å². The molecular weight excluding hydrogens is 499 g/mol. The first-order valence-electron chi connectivity index (χ1n) is 9.31. The van der Waals surface area contributed by atoms with Crippen molar-refractivity contribution in [2.24, 2.45) is 0 Å². The quantitative estimate of drug-likeness (QED) is 0.334. The topological polar surface area (TPSA) is 9.23 Å². The zero-order chi connectivity index (χ0) is 18.6. The third-order valence-electron chi connectivity index (χ3n) is 4.21. The van der Waals surface area contributed by atoms with Crippen molar-refractivity contribution in [3.63, 3.8) is 0 Å². The molecule has 0 spiro atoms. The van der Waals surface area contributed by atoms with Gasteiger partial charge >= 0.3 is 26.2 Å². The van der Waals surface area contributed by atoms with E-state index in [0.29, 0.717) is 0 Å². The molecule has 0 atom stereocenters. The molecule has 3 rings (SSSR count). The second kappa shape index (κ2) is 13.2. The molecule has 0 aliphatic heterocycles. The first kappa shape index (κ1) is 30.1. The Labute approximate surface area is 205 Å². The van der Waals surface area contributed by atoms with Crippen molar-refractivity contribution in [3.05, 3.63) is 59.7 Å². The zero-order valence-electron chi connectivity index (χ0n) is 18.1. The third-order valence-corrected chi connectivity index (χ3v) is 6.83. The molecule has 0 radical (unpaired) electrons. The van der Waals surface area contributed by atoms with Gasteiger partial charge in [0.15, 0.2) is 0 Å². The summed E-state index contributed by atoms with van der Waals surface area (Å²) in [5.74, 6) is 1.16. The van der Waals surface area contributed by atoms with Crippen LogP contribution in [0.5, 0.6) is 5.75 Å². The summed E-state index contributed by atoms with van der Waals surface area (Å²) in [7, 11) is -2.15. The molecule has 1 nitrogen and oxygen atoms in total. The Hall–Kier alpha value is -0.123. The van der Waals surface area contributed by atoms with Crippen molar-refractivity contribution < 1.29 is 55.4 Å². The molecule has 28 heavy (non-hydrogen) atoms. The van der Waals surface area contributed by atoms with E-state index in [1.54, 1.807) is 5.19 Å². The number of hydrogen-bond acceptors (Lipinski definition) is 1. The summed E-state index contributed by atoms with van der Waals surface area (Å²) in [5, 5.41) is 4.28. The summed E-state index contributed by atoms with van der Waals surface area (Å²) in [4.78, 5) is 0. The maximum Gasteiger partial charge on any atom is 4.00 e. The average Bonchev–Trinajstić information content (AvgIpc) is 3.07. The van der Waals surface area contributed by atoms with Gasteiger partial charge in [0.05, 0.1) is 0 Å². The second-order valence-electron chi connectivity index (χ2n) is 8.02. The molecule has 0 amide bonds. The summed E-state index contributed by atoms with van der Waals surface area (Å²) >= 11 is 0. The maximum absolute atomic E-state index is 6.12. The fourth-order valence-electron chi connectivity index (χ4n) is 3.16. The largest absolute Gasteiger partial charge is 4.00 e. The van der Waals surface area contributed by atoms with Crippen LogP contribution >= 0.6 is 0 Å². The molecule has 0 saturated carbocycles. The SMILES string of the molecule is CCc1c(O[Si](C)(C)C)cc[c-]1[SiH](C)C.Cc1cc2ccccc2[cH-]1.[Cl-].[Cl-].[Zr+4]. The van der Waals surface area contributed by atoms with E-state index in [9.17, 15) is 0 Å². The van der Waals surface area contributed by atoms with E-state index < -0.39 is 17.1 Å². The fourth-order valence-corrected chi connectivity index (χ4v) is 5.54. The molecule has 6 heteroatoms. The first-order chi connectivity index (χ1) is 11.7. The number of fused-ring (bicyclic) bond motifs is 1. The van der Waals surface area contributed by atoms with Crippen molar-refractivity contribution in [3.8, 4) is 5.75 Å². The molecule has 0 unspecified atom stereocenters. The van der Waals surface area contributed by atoms with Crippen LogP contribution in [-0.2, 0) is 32.6 Å². The molecule has 0 aromatic heterocycles. The Kier molecular flexibility index (Phi) is 14.2. The van der Waals surface area contributed by atoms with Gasteiger partial charge in [-0.3, -0.25) is 0 Å². The van der Waals surface area contributed by atoms with Gasteiger partial charge in [-0.25, -0.2) is 0 Å². The summed E-state index contributed by atoms with van der Waals surface area (Å²) in [6.45, 7) is 15.8. The van der Waals surface area contributed by atoms with Crippen LogP contribution in [0.4, 0.5) is 0 Å². The van der Waals surface area contributed by atoms with Gasteiger partial charge in [-0.1, -0.05) is 45.2 Å². The molecule has 0 N–H and O–H groups in total. The van der Waals surface area contributed by atoms with Gasteiger partial charge < -0.3 is 29.2 Å². The minimum absolute atomic E-state index is 0. The zero-order valence-corrected chi connectivity index (χ0v) is 24.2. The van der Waals surface area contributed by atoms with Gasteiger partial charge in [0, 0.05) is 8.80 Å². The Balaban J connectivity index is 0. The Morgan fingerprint density at radius 2 is 1.68 bits per heavy atom. The van der Waals surface area contributed by atoms with E-state index in [0.717, 1.165) is 12.2 Å². The van der Waals surface area contributed by atoms with Crippen LogP contribution in [0.3, 0.4) is 0 Å². The maximum atomic E-state index is 6.12. The van der Waals surface area contributed by atoms with Crippen LogP contribution in [0.15, 0.2) is 48.5 Å². The van der Waals surface area contributed by atoms with Gasteiger partial charge in [0.2, 0.25) is 8.32 Å². The van der Waals surface area contributed by atoms with Crippen LogP contribution in [0.2, 0.25) is 32.7 Å². The molecule has 3 aromatic rings. The van der Waals surface area contributed by atoms with E-state index in [1.807, 2.05) is 0 Å². The van der Waals surface area contributed by atoms with Gasteiger partial charge in [-0.15, -0.1) is 46.2 Å². The summed E-state index contributed by atoms with van der Waals surface area (Å²) in [5.41, 5.74) is 2.82. The summed E-state index contributed by atoms with van der Waals surface area (Å²) in [6, 6.07) is 17.3. The second-order valence-corrected chi connectivity index (χ2v) is 15.4. The van der Waals surface area contributed by atoms with Crippen LogP contribution < -0.4 is 34.4 Å². The van der Waals surface area contributed by atoms with Gasteiger partial charge in [0.25, 0.3) is 0 Å². The number of aryl methyl sites for hydroxylation is 1. The van der Waals surface area contributed by atoms with E-state index in [4.69, 9.17) is 4.43 Å². The Bertz CT molecular complexity index is 786. The smallest absolute Gasteiger partial charge is 1.00 e. The molecule has 3 aromatic carbocycles. The van der Waals surface area contributed by atoms with Gasteiger partial charge in [-0.05, 0) is 19.6 Å². The standard InChI is InChI=1S/C12H23OSi2.C10H9.2ClH.Zr/c1-7-10-11(13-15(4,5)6)8-9-12(10)14(2)3;1-8-6-9-4-2-3-5-10(9)7-8;;;/h8-9,14H,7H2,1-6H3;2-7H,1H3;2*1H;/q2*-1;;;+4/p-2. The van der Waals surface area contributed by atoms with Crippen LogP contribution in [0.1, 0.15) is 18.1 Å². The molecule has 152 valence electrons.